The van der Waals surface area contributed by atoms with Gasteiger partial charge >= 0.3 is 0 Å². The fourth-order valence-corrected chi connectivity index (χ4v) is 2.97. The Morgan fingerprint density at radius 2 is 2.10 bits per heavy atom. The molecule has 2 atom stereocenters. The lowest BCUT2D eigenvalue weighted by Crippen LogP contribution is -2.35. The van der Waals surface area contributed by atoms with Gasteiger partial charge < -0.3 is 20.9 Å². The molecule has 2 rings (SSSR count). The Balaban J connectivity index is 1.95. The highest BCUT2D eigenvalue weighted by Gasteiger charge is 2.24. The van der Waals surface area contributed by atoms with Crippen molar-refractivity contribution in [3.05, 3.63) is 23.8 Å². The van der Waals surface area contributed by atoms with Gasteiger partial charge in [-0.05, 0) is 42.9 Å². The number of amides is 1. The van der Waals surface area contributed by atoms with E-state index in [1.807, 2.05) is 0 Å². The van der Waals surface area contributed by atoms with Gasteiger partial charge in [-0.3, -0.25) is 4.79 Å². The summed E-state index contributed by atoms with van der Waals surface area (Å²) in [6.07, 6.45) is 4.46. The van der Waals surface area contributed by atoms with Crippen molar-refractivity contribution in [2.75, 3.05) is 26.0 Å². The Morgan fingerprint density at radius 1 is 1.38 bits per heavy atom. The fourth-order valence-electron chi connectivity index (χ4n) is 2.97. The molecule has 0 aliphatic heterocycles. The predicted molar refractivity (Wildman–Crippen MR) is 82.3 cm³/mol. The molecule has 2 unspecified atom stereocenters. The summed E-state index contributed by atoms with van der Waals surface area (Å²) in [4.78, 5) is 12.2. The van der Waals surface area contributed by atoms with E-state index >= 15 is 0 Å². The van der Waals surface area contributed by atoms with Crippen LogP contribution in [0.25, 0.3) is 0 Å². The molecule has 0 heterocycles. The van der Waals surface area contributed by atoms with Crippen LogP contribution in [0, 0.1) is 11.8 Å². The first-order valence-electron chi connectivity index (χ1n) is 7.48. The number of methoxy groups -OCH3 is 1. The van der Waals surface area contributed by atoms with Gasteiger partial charge in [-0.2, -0.15) is 0 Å². The van der Waals surface area contributed by atoms with Crippen LogP contribution in [0.1, 0.15) is 36.0 Å². The lowest BCUT2D eigenvalue weighted by molar-refractivity contribution is 0.0909. The molecule has 1 aromatic rings. The van der Waals surface area contributed by atoms with E-state index in [1.165, 1.54) is 20.0 Å². The quantitative estimate of drug-likeness (QED) is 0.723. The van der Waals surface area contributed by atoms with Gasteiger partial charge in [-0.25, -0.2) is 0 Å². The second-order valence-electron chi connectivity index (χ2n) is 5.65. The van der Waals surface area contributed by atoms with Crippen LogP contribution in [-0.2, 0) is 0 Å². The van der Waals surface area contributed by atoms with Crippen LogP contribution in [0.5, 0.6) is 5.75 Å². The van der Waals surface area contributed by atoms with Crippen LogP contribution in [0.2, 0.25) is 0 Å². The summed E-state index contributed by atoms with van der Waals surface area (Å²) in [7, 11) is 1.53. The first-order valence-corrected chi connectivity index (χ1v) is 7.48. The van der Waals surface area contributed by atoms with Gasteiger partial charge in [0.2, 0.25) is 0 Å². The number of ether oxygens (including phenoxy) is 1. The molecule has 0 saturated heterocycles. The number of hydrogen-bond acceptors (Lipinski definition) is 4. The summed E-state index contributed by atoms with van der Waals surface area (Å²) < 4.78 is 5.13. The molecule has 0 radical (unpaired) electrons. The molecule has 4 N–H and O–H groups in total. The Labute approximate surface area is 125 Å². The number of aliphatic hydroxyl groups is 1. The van der Waals surface area contributed by atoms with Gasteiger partial charge in [0.1, 0.15) is 5.75 Å². The third-order valence-electron chi connectivity index (χ3n) is 4.32. The molecule has 0 spiro atoms. The topological polar surface area (TPSA) is 84.6 Å². The third kappa shape index (κ3) is 3.88. The number of aliphatic hydroxyl groups excluding tert-OH is 1. The molecule has 1 aliphatic rings. The minimum absolute atomic E-state index is 0.129. The minimum atomic E-state index is -0.129. The fraction of sp³-hybridized carbons (Fsp3) is 0.562. The third-order valence-corrected chi connectivity index (χ3v) is 4.32. The lowest BCUT2D eigenvalue weighted by Gasteiger charge is -2.30. The number of hydrogen-bond donors (Lipinski definition) is 3. The Kier molecular flexibility index (Phi) is 5.44. The van der Waals surface area contributed by atoms with Crippen molar-refractivity contribution >= 4 is 11.6 Å². The maximum absolute atomic E-state index is 12.2. The zero-order valence-corrected chi connectivity index (χ0v) is 12.5. The van der Waals surface area contributed by atoms with Crippen LogP contribution in [0.15, 0.2) is 18.2 Å². The average Bonchev–Trinajstić information content (AvgIpc) is 2.53. The number of carbonyl (C=O) groups excluding carboxylic acids is 1. The maximum Gasteiger partial charge on any atom is 0.251 e. The zero-order chi connectivity index (χ0) is 15.2. The second-order valence-corrected chi connectivity index (χ2v) is 5.65. The van der Waals surface area contributed by atoms with Crippen molar-refractivity contribution in [2.45, 2.75) is 25.7 Å². The molecule has 0 aromatic heterocycles. The highest BCUT2D eigenvalue weighted by molar-refractivity contribution is 5.95. The molecule has 5 heteroatoms. The first-order chi connectivity index (χ1) is 10.2. The van der Waals surface area contributed by atoms with Crippen molar-refractivity contribution in [3.63, 3.8) is 0 Å². The standard InChI is InChI=1S/C16H24N2O3/c1-21-15-8-11(6-7-14(15)17)16(20)18-9-12-4-2-3-5-13(12)10-19/h6-8,12-13,19H,2-5,9-10,17H2,1H3,(H,18,20). The van der Waals surface area contributed by atoms with Gasteiger partial charge in [-0.15, -0.1) is 0 Å². The molecule has 116 valence electrons. The molecule has 1 saturated carbocycles. The Bertz CT molecular complexity index is 490. The van der Waals surface area contributed by atoms with Crippen LogP contribution < -0.4 is 15.8 Å². The molecular formula is C16H24N2O3. The van der Waals surface area contributed by atoms with E-state index in [4.69, 9.17) is 10.5 Å². The number of nitrogen functional groups attached to an aromatic ring is 1. The van der Waals surface area contributed by atoms with E-state index < -0.39 is 0 Å². The number of benzene rings is 1. The number of anilines is 1. The second kappa shape index (κ2) is 7.31. The van der Waals surface area contributed by atoms with Gasteiger partial charge in [0.05, 0.1) is 12.8 Å². The predicted octanol–water partition coefficient (Wildman–Crippen LogP) is 1.81. The lowest BCUT2D eigenvalue weighted by atomic mass is 9.79. The summed E-state index contributed by atoms with van der Waals surface area (Å²) in [5, 5.41) is 12.4. The van der Waals surface area contributed by atoms with Crippen molar-refractivity contribution < 1.29 is 14.6 Å². The van der Waals surface area contributed by atoms with Crippen LogP contribution >= 0.6 is 0 Å². The van der Waals surface area contributed by atoms with Gasteiger partial charge in [-0.1, -0.05) is 12.8 Å². The van der Waals surface area contributed by atoms with Crippen molar-refractivity contribution in [3.8, 4) is 5.75 Å². The van der Waals surface area contributed by atoms with E-state index in [1.54, 1.807) is 18.2 Å². The molecule has 0 bridgehead atoms. The number of carbonyl (C=O) groups is 1. The van der Waals surface area contributed by atoms with Gasteiger partial charge in [0.25, 0.3) is 5.91 Å². The molecule has 5 nitrogen and oxygen atoms in total. The van der Waals surface area contributed by atoms with Crippen molar-refractivity contribution in [1.82, 2.24) is 5.32 Å². The average molecular weight is 292 g/mol. The highest BCUT2D eigenvalue weighted by Crippen LogP contribution is 2.29. The van der Waals surface area contributed by atoms with E-state index in [9.17, 15) is 9.90 Å². The molecule has 1 fully saturated rings. The van der Waals surface area contributed by atoms with Crippen molar-refractivity contribution in [1.29, 1.82) is 0 Å². The number of nitrogens with two attached hydrogens (primary N) is 1. The molecule has 1 aromatic carbocycles. The Hall–Kier alpha value is -1.75. The van der Waals surface area contributed by atoms with Crippen LogP contribution in [0.4, 0.5) is 5.69 Å². The van der Waals surface area contributed by atoms with E-state index in [-0.39, 0.29) is 12.5 Å². The summed E-state index contributed by atoms with van der Waals surface area (Å²) in [5.41, 5.74) is 6.80. The monoisotopic (exact) mass is 292 g/mol. The molecule has 1 amide bonds. The van der Waals surface area contributed by atoms with E-state index in [2.05, 4.69) is 5.32 Å². The van der Waals surface area contributed by atoms with Crippen molar-refractivity contribution in [2.24, 2.45) is 11.8 Å². The van der Waals surface area contributed by atoms with E-state index in [0.29, 0.717) is 35.4 Å². The van der Waals surface area contributed by atoms with Crippen LogP contribution in [0.3, 0.4) is 0 Å². The number of nitrogens with one attached hydrogen (secondary N) is 1. The largest absolute Gasteiger partial charge is 0.495 e. The number of rotatable bonds is 5. The van der Waals surface area contributed by atoms with Gasteiger partial charge in [0, 0.05) is 18.7 Å². The molecule has 21 heavy (non-hydrogen) atoms. The highest BCUT2D eigenvalue weighted by atomic mass is 16.5. The van der Waals surface area contributed by atoms with Gasteiger partial charge in [0.15, 0.2) is 0 Å². The van der Waals surface area contributed by atoms with E-state index in [0.717, 1.165) is 12.8 Å². The summed E-state index contributed by atoms with van der Waals surface area (Å²) in [6.45, 7) is 0.812. The van der Waals surface area contributed by atoms with Crippen LogP contribution in [-0.4, -0.2) is 31.3 Å². The summed E-state index contributed by atoms with van der Waals surface area (Å²) in [6, 6.07) is 5.01. The zero-order valence-electron chi connectivity index (χ0n) is 12.5. The summed E-state index contributed by atoms with van der Waals surface area (Å²) >= 11 is 0. The molecule has 1 aliphatic carbocycles. The SMILES string of the molecule is COc1cc(C(=O)NCC2CCCCC2CO)ccc1N. The minimum Gasteiger partial charge on any atom is -0.495 e. The molecular weight excluding hydrogens is 268 g/mol. The normalized spacial score (nSPS) is 21.8. The smallest absolute Gasteiger partial charge is 0.251 e. The Morgan fingerprint density at radius 3 is 2.76 bits per heavy atom. The maximum atomic E-state index is 12.2. The summed E-state index contributed by atoms with van der Waals surface area (Å²) in [5.74, 6) is 1.05. The first kappa shape index (κ1) is 15.6.